The molecule has 1 atom stereocenters. The fraction of sp³-hybridized carbons (Fsp3) is 0.278. The number of hydrogen-bond acceptors (Lipinski definition) is 3. The summed E-state index contributed by atoms with van der Waals surface area (Å²) in [6.07, 6.45) is 0.652. The van der Waals surface area contributed by atoms with Crippen LogP contribution in [0.4, 0.5) is 10.1 Å². The van der Waals surface area contributed by atoms with Gasteiger partial charge in [0.2, 0.25) is 5.91 Å². The summed E-state index contributed by atoms with van der Waals surface area (Å²) < 4.78 is 14.6. The van der Waals surface area contributed by atoms with Gasteiger partial charge in [-0.3, -0.25) is 4.79 Å². The van der Waals surface area contributed by atoms with Gasteiger partial charge < -0.3 is 10.6 Å². The number of amides is 1. The Hall–Kier alpha value is -1.85. The summed E-state index contributed by atoms with van der Waals surface area (Å²) >= 11 is 1.46. The highest BCUT2D eigenvalue weighted by Crippen LogP contribution is 2.27. The van der Waals surface area contributed by atoms with E-state index in [4.69, 9.17) is 0 Å². The molecule has 5 heteroatoms. The van der Waals surface area contributed by atoms with E-state index >= 15 is 0 Å². The van der Waals surface area contributed by atoms with Crippen molar-refractivity contribution in [2.24, 2.45) is 0 Å². The standard InChI is InChI=1S/C18H19FN2OS/c1-12(23-14-5-3-2-4-6-14)18(22)21-16-8-7-13-11-20-10-9-15(13)17(16)19/h2-8,12,20H,9-11H2,1H3,(H,21,22). The number of nitrogens with one attached hydrogen (secondary N) is 2. The molecule has 1 aliphatic heterocycles. The van der Waals surface area contributed by atoms with Crippen LogP contribution in [-0.2, 0) is 17.8 Å². The molecule has 1 aliphatic rings. The first-order valence-corrected chi connectivity index (χ1v) is 8.56. The van der Waals surface area contributed by atoms with Crippen LogP contribution in [0.2, 0.25) is 0 Å². The van der Waals surface area contributed by atoms with Crippen LogP contribution < -0.4 is 10.6 Å². The van der Waals surface area contributed by atoms with Gasteiger partial charge in [0.1, 0.15) is 5.82 Å². The summed E-state index contributed by atoms with van der Waals surface area (Å²) in [6, 6.07) is 13.3. The van der Waals surface area contributed by atoms with Gasteiger partial charge in [0.25, 0.3) is 0 Å². The van der Waals surface area contributed by atoms with Crippen LogP contribution in [0, 0.1) is 5.82 Å². The first kappa shape index (κ1) is 16.0. The number of fused-ring (bicyclic) bond motifs is 1. The molecule has 0 aliphatic carbocycles. The highest BCUT2D eigenvalue weighted by atomic mass is 32.2. The lowest BCUT2D eigenvalue weighted by Crippen LogP contribution is -2.26. The average Bonchev–Trinajstić information content (AvgIpc) is 2.58. The molecule has 0 spiro atoms. The number of halogens is 1. The number of rotatable bonds is 4. The molecule has 0 saturated carbocycles. The molecule has 1 amide bonds. The Balaban J connectivity index is 1.70. The summed E-state index contributed by atoms with van der Waals surface area (Å²) in [6.45, 7) is 3.27. The summed E-state index contributed by atoms with van der Waals surface area (Å²) in [5.74, 6) is -0.485. The topological polar surface area (TPSA) is 41.1 Å². The largest absolute Gasteiger partial charge is 0.323 e. The predicted octanol–water partition coefficient (Wildman–Crippen LogP) is 3.59. The molecule has 2 aromatic rings. The van der Waals surface area contributed by atoms with Crippen LogP contribution in [0.5, 0.6) is 0 Å². The zero-order chi connectivity index (χ0) is 16.2. The van der Waals surface area contributed by atoms with Crippen molar-refractivity contribution in [3.63, 3.8) is 0 Å². The van der Waals surface area contributed by atoms with Crippen LogP contribution in [0.3, 0.4) is 0 Å². The molecule has 0 aromatic heterocycles. The Kier molecular flexibility index (Phi) is 4.98. The van der Waals surface area contributed by atoms with Crippen molar-refractivity contribution in [2.45, 2.75) is 30.0 Å². The van der Waals surface area contributed by atoms with Crippen molar-refractivity contribution >= 4 is 23.4 Å². The van der Waals surface area contributed by atoms with Gasteiger partial charge in [-0.05, 0) is 49.2 Å². The molecule has 2 aromatic carbocycles. The van der Waals surface area contributed by atoms with E-state index in [0.29, 0.717) is 18.5 Å². The van der Waals surface area contributed by atoms with Crippen molar-refractivity contribution in [1.29, 1.82) is 0 Å². The molecule has 3 nitrogen and oxygen atoms in total. The molecule has 2 N–H and O–H groups in total. The normalized spacial score (nSPS) is 14.9. The van der Waals surface area contributed by atoms with Crippen LogP contribution in [0.1, 0.15) is 18.1 Å². The second kappa shape index (κ2) is 7.15. The lowest BCUT2D eigenvalue weighted by Gasteiger charge is -2.20. The van der Waals surface area contributed by atoms with Gasteiger partial charge in [0.05, 0.1) is 10.9 Å². The summed E-state index contributed by atoms with van der Waals surface area (Å²) in [5, 5.41) is 5.64. The summed E-state index contributed by atoms with van der Waals surface area (Å²) in [7, 11) is 0. The van der Waals surface area contributed by atoms with Gasteiger partial charge in [0.15, 0.2) is 0 Å². The van der Waals surface area contributed by atoms with Crippen molar-refractivity contribution in [2.75, 3.05) is 11.9 Å². The maximum atomic E-state index is 14.6. The average molecular weight is 330 g/mol. The Morgan fingerprint density at radius 1 is 1.26 bits per heavy atom. The van der Waals surface area contributed by atoms with Crippen LogP contribution in [-0.4, -0.2) is 17.7 Å². The molecule has 0 saturated heterocycles. The molecule has 3 rings (SSSR count). The second-order valence-electron chi connectivity index (χ2n) is 5.55. The Labute approximate surface area is 139 Å². The number of thioether (sulfide) groups is 1. The maximum absolute atomic E-state index is 14.6. The number of hydrogen-bond donors (Lipinski definition) is 2. The van der Waals surface area contributed by atoms with Crippen LogP contribution in [0.25, 0.3) is 0 Å². The lowest BCUT2D eigenvalue weighted by atomic mass is 9.99. The highest BCUT2D eigenvalue weighted by molar-refractivity contribution is 8.00. The molecule has 120 valence electrons. The van der Waals surface area contributed by atoms with Crippen LogP contribution >= 0.6 is 11.8 Å². The molecular formula is C18H19FN2OS. The first-order chi connectivity index (χ1) is 11.1. The van der Waals surface area contributed by atoms with E-state index in [1.807, 2.05) is 43.3 Å². The molecule has 1 heterocycles. The molecule has 1 unspecified atom stereocenters. The SMILES string of the molecule is CC(Sc1ccccc1)C(=O)Nc1ccc2c(c1F)CCNC2. The summed E-state index contributed by atoms with van der Waals surface area (Å²) in [5.41, 5.74) is 1.96. The number of carbonyl (C=O) groups excluding carboxylic acids is 1. The van der Waals surface area contributed by atoms with Crippen molar-refractivity contribution in [3.8, 4) is 0 Å². The van der Waals surface area contributed by atoms with E-state index in [1.165, 1.54) is 11.8 Å². The Bertz CT molecular complexity index is 706. The minimum absolute atomic E-state index is 0.188. The molecule has 0 bridgehead atoms. The maximum Gasteiger partial charge on any atom is 0.237 e. The monoisotopic (exact) mass is 330 g/mol. The highest BCUT2D eigenvalue weighted by Gasteiger charge is 2.20. The zero-order valence-corrected chi connectivity index (χ0v) is 13.8. The van der Waals surface area contributed by atoms with Gasteiger partial charge in [-0.2, -0.15) is 0 Å². The smallest absolute Gasteiger partial charge is 0.237 e. The number of carbonyl (C=O) groups is 1. The minimum atomic E-state index is -0.297. The van der Waals surface area contributed by atoms with Gasteiger partial charge in [0, 0.05) is 11.4 Å². The third-order valence-corrected chi connectivity index (χ3v) is 5.00. The van der Waals surface area contributed by atoms with Gasteiger partial charge in [-0.25, -0.2) is 4.39 Å². The molecular weight excluding hydrogens is 311 g/mol. The first-order valence-electron chi connectivity index (χ1n) is 7.68. The van der Waals surface area contributed by atoms with Crippen molar-refractivity contribution in [3.05, 3.63) is 59.4 Å². The Morgan fingerprint density at radius 2 is 2.04 bits per heavy atom. The van der Waals surface area contributed by atoms with Crippen LogP contribution in [0.15, 0.2) is 47.4 Å². The third-order valence-electron chi connectivity index (χ3n) is 3.89. The van der Waals surface area contributed by atoms with Gasteiger partial charge in [-0.15, -0.1) is 11.8 Å². The van der Waals surface area contributed by atoms with E-state index < -0.39 is 0 Å². The molecule has 0 fully saturated rings. The quantitative estimate of drug-likeness (QED) is 0.842. The number of anilines is 1. The van der Waals surface area contributed by atoms with E-state index in [-0.39, 0.29) is 22.7 Å². The van der Waals surface area contributed by atoms with E-state index in [9.17, 15) is 9.18 Å². The van der Waals surface area contributed by atoms with E-state index in [0.717, 1.165) is 17.0 Å². The van der Waals surface area contributed by atoms with E-state index in [1.54, 1.807) is 6.07 Å². The van der Waals surface area contributed by atoms with Crippen molar-refractivity contribution < 1.29 is 9.18 Å². The fourth-order valence-electron chi connectivity index (χ4n) is 2.62. The van der Waals surface area contributed by atoms with E-state index in [2.05, 4.69) is 10.6 Å². The van der Waals surface area contributed by atoms with Gasteiger partial charge in [-0.1, -0.05) is 24.3 Å². The molecule has 0 radical (unpaired) electrons. The zero-order valence-electron chi connectivity index (χ0n) is 12.9. The second-order valence-corrected chi connectivity index (χ2v) is 6.97. The molecule has 23 heavy (non-hydrogen) atoms. The Morgan fingerprint density at radius 3 is 2.83 bits per heavy atom. The van der Waals surface area contributed by atoms with Crippen molar-refractivity contribution in [1.82, 2.24) is 5.32 Å². The lowest BCUT2D eigenvalue weighted by molar-refractivity contribution is -0.115. The predicted molar refractivity (Wildman–Crippen MR) is 92.2 cm³/mol. The summed E-state index contributed by atoms with van der Waals surface area (Å²) in [4.78, 5) is 13.3. The van der Waals surface area contributed by atoms with Gasteiger partial charge >= 0.3 is 0 Å². The third kappa shape index (κ3) is 3.74. The number of benzene rings is 2. The minimum Gasteiger partial charge on any atom is -0.323 e. The fourth-order valence-corrected chi connectivity index (χ4v) is 3.51.